The summed E-state index contributed by atoms with van der Waals surface area (Å²) in [6, 6.07) is 8.04. The predicted octanol–water partition coefficient (Wildman–Crippen LogP) is 4.32. The Kier molecular flexibility index (Phi) is 5.35. The lowest BCUT2D eigenvalue weighted by Crippen LogP contribution is -2.28. The molecule has 0 spiro atoms. The standard InChI is InChI=1S/C21H27N5O/c1-6-22-21(27)25-17-10-19(20-24-15(4)16(5)26(20)12-17)23-11-18-13(2)8-7-9-14(18)3/h7-10,12,23H,6,11H2,1-5H3,(H2,22,25,27). The topological polar surface area (TPSA) is 70.5 Å². The third kappa shape index (κ3) is 3.89. The number of aryl methyl sites for hydroxylation is 4. The van der Waals surface area contributed by atoms with Crippen molar-refractivity contribution in [2.75, 3.05) is 17.2 Å². The highest BCUT2D eigenvalue weighted by Gasteiger charge is 2.13. The molecule has 0 atom stereocenters. The Hall–Kier alpha value is -3.02. The van der Waals surface area contributed by atoms with E-state index in [1.54, 1.807) is 0 Å². The van der Waals surface area contributed by atoms with Gasteiger partial charge in [0.2, 0.25) is 0 Å². The number of amides is 2. The highest BCUT2D eigenvalue weighted by atomic mass is 16.2. The van der Waals surface area contributed by atoms with Gasteiger partial charge in [-0.25, -0.2) is 9.78 Å². The number of aromatic nitrogens is 2. The lowest BCUT2D eigenvalue weighted by atomic mass is 10.0. The van der Waals surface area contributed by atoms with Crippen LogP contribution in [0.3, 0.4) is 0 Å². The first-order valence-electron chi connectivity index (χ1n) is 9.23. The van der Waals surface area contributed by atoms with Crippen molar-refractivity contribution in [2.45, 2.75) is 41.2 Å². The van der Waals surface area contributed by atoms with Gasteiger partial charge in [0.1, 0.15) is 0 Å². The second-order valence-corrected chi connectivity index (χ2v) is 6.83. The molecule has 2 aromatic heterocycles. The maximum atomic E-state index is 12.0. The predicted molar refractivity (Wildman–Crippen MR) is 111 cm³/mol. The third-order valence-electron chi connectivity index (χ3n) is 4.89. The first-order chi connectivity index (χ1) is 12.9. The Morgan fingerprint density at radius 2 is 1.85 bits per heavy atom. The maximum Gasteiger partial charge on any atom is 0.319 e. The van der Waals surface area contributed by atoms with Gasteiger partial charge in [0.25, 0.3) is 0 Å². The normalized spacial score (nSPS) is 10.9. The van der Waals surface area contributed by atoms with Crippen LogP contribution in [0.15, 0.2) is 30.5 Å². The van der Waals surface area contributed by atoms with Crippen LogP contribution in [0.5, 0.6) is 0 Å². The smallest absolute Gasteiger partial charge is 0.319 e. The molecular formula is C21H27N5O. The van der Waals surface area contributed by atoms with Crippen molar-refractivity contribution in [1.29, 1.82) is 0 Å². The van der Waals surface area contributed by atoms with E-state index < -0.39 is 0 Å². The maximum absolute atomic E-state index is 12.0. The van der Waals surface area contributed by atoms with Gasteiger partial charge in [-0.1, -0.05) is 18.2 Å². The molecule has 1 aromatic carbocycles. The van der Waals surface area contributed by atoms with E-state index in [2.05, 4.69) is 48.0 Å². The number of pyridine rings is 1. The van der Waals surface area contributed by atoms with Crippen LogP contribution in [0, 0.1) is 27.7 Å². The summed E-state index contributed by atoms with van der Waals surface area (Å²) < 4.78 is 2.02. The van der Waals surface area contributed by atoms with E-state index in [-0.39, 0.29) is 6.03 Å². The molecule has 3 N–H and O–H groups in total. The molecule has 0 saturated heterocycles. The van der Waals surface area contributed by atoms with Crippen LogP contribution in [0.4, 0.5) is 16.2 Å². The number of rotatable bonds is 5. The lowest BCUT2D eigenvalue weighted by Gasteiger charge is -2.15. The zero-order valence-corrected chi connectivity index (χ0v) is 16.6. The molecule has 0 aliphatic heterocycles. The lowest BCUT2D eigenvalue weighted by molar-refractivity contribution is 0.252. The van der Waals surface area contributed by atoms with Crippen molar-refractivity contribution in [3.05, 3.63) is 58.5 Å². The van der Waals surface area contributed by atoms with E-state index in [0.717, 1.165) is 28.4 Å². The monoisotopic (exact) mass is 365 g/mol. The highest BCUT2D eigenvalue weighted by Crippen LogP contribution is 2.25. The van der Waals surface area contributed by atoms with Gasteiger partial charge >= 0.3 is 6.03 Å². The number of urea groups is 1. The van der Waals surface area contributed by atoms with Crippen molar-refractivity contribution in [3.63, 3.8) is 0 Å². The SMILES string of the molecule is CCNC(=O)Nc1cc(NCc2c(C)cccc2C)c2nc(C)c(C)n2c1. The number of benzene rings is 1. The van der Waals surface area contributed by atoms with Gasteiger partial charge in [0, 0.05) is 25.0 Å². The highest BCUT2D eigenvalue weighted by molar-refractivity contribution is 5.90. The molecule has 2 amide bonds. The van der Waals surface area contributed by atoms with Crippen molar-refractivity contribution >= 4 is 23.1 Å². The molecule has 0 fully saturated rings. The molecule has 6 heteroatoms. The number of nitrogens with zero attached hydrogens (tertiary/aromatic N) is 2. The van der Waals surface area contributed by atoms with E-state index in [9.17, 15) is 4.79 Å². The molecule has 0 saturated carbocycles. The molecule has 0 bridgehead atoms. The number of hydrogen-bond acceptors (Lipinski definition) is 3. The van der Waals surface area contributed by atoms with Gasteiger partial charge in [-0.05, 0) is 57.4 Å². The molecule has 27 heavy (non-hydrogen) atoms. The minimum absolute atomic E-state index is 0.216. The fourth-order valence-electron chi connectivity index (χ4n) is 3.22. The molecular weight excluding hydrogens is 338 g/mol. The van der Waals surface area contributed by atoms with Crippen LogP contribution in [0.25, 0.3) is 5.65 Å². The summed E-state index contributed by atoms with van der Waals surface area (Å²) >= 11 is 0. The number of hydrogen-bond donors (Lipinski definition) is 3. The van der Waals surface area contributed by atoms with Crippen LogP contribution in [-0.4, -0.2) is 22.0 Å². The summed E-state index contributed by atoms with van der Waals surface area (Å²) in [5.74, 6) is 0. The molecule has 142 valence electrons. The zero-order chi connectivity index (χ0) is 19.6. The summed E-state index contributed by atoms with van der Waals surface area (Å²) in [7, 11) is 0. The molecule has 6 nitrogen and oxygen atoms in total. The first-order valence-corrected chi connectivity index (χ1v) is 9.23. The molecule has 0 aliphatic carbocycles. The molecule has 3 rings (SSSR count). The average Bonchev–Trinajstić information content (AvgIpc) is 2.90. The Labute approximate surface area is 160 Å². The van der Waals surface area contributed by atoms with E-state index in [4.69, 9.17) is 4.98 Å². The fourth-order valence-corrected chi connectivity index (χ4v) is 3.22. The number of anilines is 2. The zero-order valence-electron chi connectivity index (χ0n) is 16.6. The first kappa shape index (κ1) is 18.8. The Morgan fingerprint density at radius 3 is 2.52 bits per heavy atom. The van der Waals surface area contributed by atoms with Crippen LogP contribution in [0.1, 0.15) is 35.0 Å². The largest absolute Gasteiger partial charge is 0.378 e. The van der Waals surface area contributed by atoms with Gasteiger partial charge in [0.05, 0.1) is 17.1 Å². The van der Waals surface area contributed by atoms with Crippen molar-refractivity contribution in [2.24, 2.45) is 0 Å². The van der Waals surface area contributed by atoms with Gasteiger partial charge in [-0.2, -0.15) is 0 Å². The van der Waals surface area contributed by atoms with Gasteiger partial charge in [0.15, 0.2) is 5.65 Å². The number of carbonyl (C=O) groups is 1. The molecule has 3 aromatic rings. The molecule has 0 unspecified atom stereocenters. The Balaban J connectivity index is 1.97. The summed E-state index contributed by atoms with van der Waals surface area (Å²) in [6.45, 7) is 11.4. The summed E-state index contributed by atoms with van der Waals surface area (Å²) in [4.78, 5) is 16.6. The van der Waals surface area contributed by atoms with Crippen LogP contribution >= 0.6 is 0 Å². The Morgan fingerprint density at radius 1 is 1.15 bits per heavy atom. The number of carbonyl (C=O) groups excluding carboxylic acids is 1. The van der Waals surface area contributed by atoms with Gasteiger partial charge < -0.3 is 20.4 Å². The van der Waals surface area contributed by atoms with Crippen LogP contribution in [-0.2, 0) is 6.54 Å². The summed E-state index contributed by atoms with van der Waals surface area (Å²) in [5, 5.41) is 9.17. The van der Waals surface area contributed by atoms with Crippen molar-refractivity contribution in [1.82, 2.24) is 14.7 Å². The molecule has 0 radical (unpaired) electrons. The van der Waals surface area contributed by atoms with E-state index in [0.29, 0.717) is 13.1 Å². The number of nitrogens with one attached hydrogen (secondary N) is 3. The van der Waals surface area contributed by atoms with Crippen LogP contribution < -0.4 is 16.0 Å². The average molecular weight is 365 g/mol. The summed E-state index contributed by atoms with van der Waals surface area (Å²) in [5.41, 5.74) is 8.29. The fraction of sp³-hybridized carbons (Fsp3) is 0.333. The third-order valence-corrected chi connectivity index (χ3v) is 4.89. The Bertz CT molecular complexity index is 970. The molecule has 0 aliphatic rings. The van der Waals surface area contributed by atoms with E-state index in [1.165, 1.54) is 16.7 Å². The minimum atomic E-state index is -0.216. The van der Waals surface area contributed by atoms with Gasteiger partial charge in [-0.15, -0.1) is 0 Å². The number of fused-ring (bicyclic) bond motifs is 1. The minimum Gasteiger partial charge on any atom is -0.378 e. The quantitative estimate of drug-likeness (QED) is 0.630. The van der Waals surface area contributed by atoms with Crippen molar-refractivity contribution < 1.29 is 4.79 Å². The van der Waals surface area contributed by atoms with E-state index >= 15 is 0 Å². The van der Waals surface area contributed by atoms with Gasteiger partial charge in [-0.3, -0.25) is 0 Å². The molecule has 2 heterocycles. The number of imidazole rings is 1. The second-order valence-electron chi connectivity index (χ2n) is 6.83. The van der Waals surface area contributed by atoms with E-state index in [1.807, 2.05) is 37.4 Å². The summed E-state index contributed by atoms with van der Waals surface area (Å²) in [6.07, 6.45) is 1.91. The second kappa shape index (κ2) is 7.70. The van der Waals surface area contributed by atoms with Crippen LogP contribution in [0.2, 0.25) is 0 Å². The van der Waals surface area contributed by atoms with Crippen molar-refractivity contribution in [3.8, 4) is 0 Å².